The van der Waals surface area contributed by atoms with Crippen LogP contribution in [0.3, 0.4) is 0 Å². The van der Waals surface area contributed by atoms with Crippen LogP contribution >= 0.6 is 0 Å². The van der Waals surface area contributed by atoms with E-state index in [0.717, 1.165) is 0 Å². The average Bonchev–Trinajstić information content (AvgIpc) is 3.00. The fourth-order valence-electron chi connectivity index (χ4n) is 3.05. The van der Waals surface area contributed by atoms with E-state index in [1.165, 1.54) is 4.90 Å². The highest BCUT2D eigenvalue weighted by Gasteiger charge is 2.33. The van der Waals surface area contributed by atoms with E-state index in [0.29, 0.717) is 29.5 Å². The van der Waals surface area contributed by atoms with Crippen LogP contribution in [0, 0.1) is 6.92 Å². The topological polar surface area (TPSA) is 101 Å². The Hall–Kier alpha value is -2.68. The molecule has 3 rings (SSSR count). The molecular weight excluding hydrogens is 368 g/mol. The van der Waals surface area contributed by atoms with E-state index in [1.54, 1.807) is 27.1 Å². The Morgan fingerprint density at radius 1 is 1.30 bits per heavy atom. The molecule has 1 amide bonds. The number of carbonyl (C=O) groups is 1. The minimum atomic E-state index is -3.07. The second kappa shape index (κ2) is 7.51. The van der Waals surface area contributed by atoms with Gasteiger partial charge in [0, 0.05) is 19.2 Å². The molecule has 1 aliphatic heterocycles. The number of amides is 1. The SMILES string of the molecule is COc1ccccc1Nc1cc(C(=O)N(C)C2CCS(=O)(=O)C2)nc(C)n1. The molecule has 0 spiro atoms. The first kappa shape index (κ1) is 19.1. The number of hydrogen-bond donors (Lipinski definition) is 1. The number of carbonyl (C=O) groups excluding carboxylic acids is 1. The lowest BCUT2D eigenvalue weighted by atomic mass is 10.2. The molecular formula is C18H22N4O4S. The van der Waals surface area contributed by atoms with E-state index in [2.05, 4.69) is 15.3 Å². The predicted molar refractivity (Wildman–Crippen MR) is 102 cm³/mol. The van der Waals surface area contributed by atoms with Gasteiger partial charge in [-0.2, -0.15) is 0 Å². The number of ether oxygens (including phenoxy) is 1. The highest BCUT2D eigenvalue weighted by molar-refractivity contribution is 7.91. The van der Waals surface area contributed by atoms with Crippen LogP contribution < -0.4 is 10.1 Å². The van der Waals surface area contributed by atoms with Gasteiger partial charge in [0.2, 0.25) is 0 Å². The number of methoxy groups -OCH3 is 1. The largest absolute Gasteiger partial charge is 0.495 e. The van der Waals surface area contributed by atoms with E-state index in [9.17, 15) is 13.2 Å². The number of nitrogens with zero attached hydrogens (tertiary/aromatic N) is 3. The van der Waals surface area contributed by atoms with Crippen molar-refractivity contribution in [2.75, 3.05) is 31.0 Å². The summed E-state index contributed by atoms with van der Waals surface area (Å²) < 4.78 is 28.7. The lowest BCUT2D eigenvalue weighted by molar-refractivity contribution is 0.0741. The fourth-order valence-corrected chi connectivity index (χ4v) is 4.83. The van der Waals surface area contributed by atoms with Crippen LogP contribution in [0.1, 0.15) is 22.7 Å². The Kier molecular flexibility index (Phi) is 5.31. The third kappa shape index (κ3) is 4.36. The van der Waals surface area contributed by atoms with Gasteiger partial charge in [-0.1, -0.05) is 12.1 Å². The summed E-state index contributed by atoms with van der Waals surface area (Å²) in [6.45, 7) is 1.70. The van der Waals surface area contributed by atoms with Crippen molar-refractivity contribution >= 4 is 27.2 Å². The second-order valence-electron chi connectivity index (χ2n) is 6.48. The summed E-state index contributed by atoms with van der Waals surface area (Å²) >= 11 is 0. The lowest BCUT2D eigenvalue weighted by Crippen LogP contribution is -2.38. The van der Waals surface area contributed by atoms with Crippen molar-refractivity contribution in [3.8, 4) is 5.75 Å². The second-order valence-corrected chi connectivity index (χ2v) is 8.71. The summed E-state index contributed by atoms with van der Waals surface area (Å²) in [5, 5.41) is 3.14. The molecule has 9 heteroatoms. The number of aryl methyl sites for hydroxylation is 1. The van der Waals surface area contributed by atoms with Crippen molar-refractivity contribution in [1.29, 1.82) is 0 Å². The van der Waals surface area contributed by atoms with Crippen LogP contribution in [-0.4, -0.2) is 60.9 Å². The van der Waals surface area contributed by atoms with Crippen molar-refractivity contribution < 1.29 is 17.9 Å². The van der Waals surface area contributed by atoms with Gasteiger partial charge in [-0.15, -0.1) is 0 Å². The molecule has 27 heavy (non-hydrogen) atoms. The normalized spacial score (nSPS) is 18.1. The summed E-state index contributed by atoms with van der Waals surface area (Å²) in [5.74, 6) is 1.32. The van der Waals surface area contributed by atoms with Crippen molar-refractivity contribution in [1.82, 2.24) is 14.9 Å². The molecule has 0 radical (unpaired) electrons. The first-order chi connectivity index (χ1) is 12.8. The van der Waals surface area contributed by atoms with Gasteiger partial charge in [0.15, 0.2) is 9.84 Å². The van der Waals surface area contributed by atoms with Crippen molar-refractivity contribution in [3.05, 3.63) is 41.9 Å². The molecule has 1 fully saturated rings. The summed E-state index contributed by atoms with van der Waals surface area (Å²) in [7, 11) is 0.111. The number of nitrogens with one attached hydrogen (secondary N) is 1. The molecule has 1 aromatic carbocycles. The fraction of sp³-hybridized carbons (Fsp3) is 0.389. The lowest BCUT2D eigenvalue weighted by Gasteiger charge is -2.23. The van der Waals surface area contributed by atoms with Gasteiger partial charge in [-0.05, 0) is 25.5 Å². The van der Waals surface area contributed by atoms with E-state index >= 15 is 0 Å². The zero-order chi connectivity index (χ0) is 19.6. The summed E-state index contributed by atoms with van der Waals surface area (Å²) in [4.78, 5) is 22.8. The molecule has 0 aliphatic carbocycles. The van der Waals surface area contributed by atoms with Gasteiger partial charge >= 0.3 is 0 Å². The zero-order valence-corrected chi connectivity index (χ0v) is 16.3. The van der Waals surface area contributed by atoms with Crippen LogP contribution in [-0.2, 0) is 9.84 Å². The first-order valence-corrected chi connectivity index (χ1v) is 10.3. The quantitative estimate of drug-likeness (QED) is 0.830. The number of anilines is 2. The van der Waals surface area contributed by atoms with Gasteiger partial charge in [0.25, 0.3) is 5.91 Å². The molecule has 1 saturated heterocycles. The predicted octanol–water partition coefficient (Wildman–Crippen LogP) is 1.80. The maximum atomic E-state index is 12.8. The van der Waals surface area contributed by atoms with Gasteiger partial charge in [0.05, 0.1) is 24.3 Å². The molecule has 1 aromatic heterocycles. The molecule has 8 nitrogen and oxygen atoms in total. The number of aromatic nitrogens is 2. The molecule has 1 atom stereocenters. The minimum Gasteiger partial charge on any atom is -0.495 e. The van der Waals surface area contributed by atoms with Crippen LogP contribution in [0.25, 0.3) is 0 Å². The Labute approximate surface area is 158 Å². The molecule has 0 bridgehead atoms. The highest BCUT2D eigenvalue weighted by atomic mass is 32.2. The number of sulfone groups is 1. The molecule has 1 aliphatic rings. The van der Waals surface area contributed by atoms with Gasteiger partial charge < -0.3 is 15.0 Å². The first-order valence-electron chi connectivity index (χ1n) is 8.52. The van der Waals surface area contributed by atoms with Crippen molar-refractivity contribution in [2.24, 2.45) is 0 Å². The summed E-state index contributed by atoms with van der Waals surface area (Å²) in [5.41, 5.74) is 0.929. The Morgan fingerprint density at radius 3 is 2.70 bits per heavy atom. The Balaban J connectivity index is 1.83. The zero-order valence-electron chi connectivity index (χ0n) is 15.5. The van der Waals surface area contributed by atoms with E-state index < -0.39 is 9.84 Å². The van der Waals surface area contributed by atoms with Crippen molar-refractivity contribution in [3.63, 3.8) is 0 Å². The standard InChI is InChI=1S/C18H22N4O4S/c1-12-19-15(18(23)22(2)13-8-9-27(24,25)11-13)10-17(20-12)21-14-6-4-5-7-16(14)26-3/h4-7,10,13H,8-9,11H2,1-3H3,(H,19,20,21). The molecule has 1 N–H and O–H groups in total. The van der Waals surface area contributed by atoms with Crippen molar-refractivity contribution in [2.45, 2.75) is 19.4 Å². The molecule has 2 heterocycles. The van der Waals surface area contributed by atoms with Crippen LogP contribution in [0.2, 0.25) is 0 Å². The molecule has 144 valence electrons. The minimum absolute atomic E-state index is 0.00831. The maximum Gasteiger partial charge on any atom is 0.272 e. The van der Waals surface area contributed by atoms with E-state index in [1.807, 2.05) is 24.3 Å². The highest BCUT2D eigenvalue weighted by Crippen LogP contribution is 2.26. The number of hydrogen-bond acceptors (Lipinski definition) is 7. The Bertz CT molecular complexity index is 962. The van der Waals surface area contributed by atoms with E-state index in [-0.39, 0.29) is 29.1 Å². The molecule has 2 aromatic rings. The van der Waals surface area contributed by atoms with Crippen LogP contribution in [0.15, 0.2) is 30.3 Å². The van der Waals surface area contributed by atoms with Gasteiger partial charge in [0.1, 0.15) is 23.1 Å². The third-order valence-electron chi connectivity index (χ3n) is 4.50. The van der Waals surface area contributed by atoms with E-state index in [4.69, 9.17) is 4.74 Å². The third-order valence-corrected chi connectivity index (χ3v) is 6.25. The molecule has 0 saturated carbocycles. The average molecular weight is 390 g/mol. The monoisotopic (exact) mass is 390 g/mol. The van der Waals surface area contributed by atoms with Crippen LogP contribution in [0.5, 0.6) is 5.75 Å². The molecule has 1 unspecified atom stereocenters. The van der Waals surface area contributed by atoms with Gasteiger partial charge in [-0.3, -0.25) is 4.79 Å². The number of para-hydroxylation sites is 2. The van der Waals surface area contributed by atoms with Gasteiger partial charge in [-0.25, -0.2) is 18.4 Å². The smallest absolute Gasteiger partial charge is 0.272 e. The number of benzene rings is 1. The Morgan fingerprint density at radius 2 is 2.04 bits per heavy atom. The summed E-state index contributed by atoms with van der Waals surface area (Å²) in [6, 6.07) is 8.60. The summed E-state index contributed by atoms with van der Waals surface area (Å²) in [6.07, 6.45) is 0.445. The maximum absolute atomic E-state index is 12.8. The number of rotatable bonds is 5. The van der Waals surface area contributed by atoms with Crippen LogP contribution in [0.4, 0.5) is 11.5 Å².